The Labute approximate surface area is 297 Å². The zero-order valence-corrected chi connectivity index (χ0v) is 33.7. The molecular weight excluding hydrogens is 596 g/mol. The molecule has 0 aromatic rings. The second kappa shape index (κ2) is 19.2. The van der Waals surface area contributed by atoms with Gasteiger partial charge in [-0.1, -0.05) is 81.1 Å². The summed E-state index contributed by atoms with van der Waals surface area (Å²) >= 11 is 0. The highest BCUT2D eigenvalue weighted by atomic mass is 16.2. The molecule has 48 heavy (non-hydrogen) atoms. The summed E-state index contributed by atoms with van der Waals surface area (Å²) in [6.07, 6.45) is 14.4. The Kier molecular flexibility index (Phi) is 17.0. The molecule has 2 rings (SSSR count). The molecule has 0 saturated carbocycles. The van der Waals surface area contributed by atoms with Crippen molar-refractivity contribution in [2.75, 3.05) is 26.2 Å². The third kappa shape index (κ3) is 11.0. The van der Waals surface area contributed by atoms with Crippen molar-refractivity contribution in [1.29, 1.82) is 0 Å². The van der Waals surface area contributed by atoms with E-state index in [0.717, 1.165) is 103 Å². The van der Waals surface area contributed by atoms with Gasteiger partial charge in [0, 0.05) is 60.4 Å². The number of hydrogen-bond acceptors (Lipinski definition) is 4. The second-order valence-corrected chi connectivity index (χ2v) is 16.7. The topological polar surface area (TPSA) is 88.7 Å². The van der Waals surface area contributed by atoms with Crippen molar-refractivity contribution in [3.05, 3.63) is 0 Å². The van der Waals surface area contributed by atoms with Gasteiger partial charge in [0.2, 0.25) is 0 Å². The second-order valence-electron chi connectivity index (χ2n) is 16.7. The number of nitrogens with zero attached hydrogens (tertiary/aromatic N) is 2. The fraction of sp³-hybridized carbons (Fsp3) is 0.950. The summed E-state index contributed by atoms with van der Waals surface area (Å²) in [6, 6.07) is 0.660. The largest absolute Gasteiger partial charge is 0.338 e. The predicted octanol–water partition coefficient (Wildman–Crippen LogP) is 8.84. The number of hydrogen-bond donors (Lipinski definition) is 4. The number of carbonyl (C=O) groups is 2. The van der Waals surface area contributed by atoms with Gasteiger partial charge < -0.3 is 31.1 Å². The van der Waals surface area contributed by atoms with Gasteiger partial charge in [0.15, 0.2) is 0 Å². The van der Waals surface area contributed by atoms with Gasteiger partial charge >= 0.3 is 12.1 Å². The first-order chi connectivity index (χ1) is 22.6. The van der Waals surface area contributed by atoms with Crippen molar-refractivity contribution >= 4 is 12.1 Å². The summed E-state index contributed by atoms with van der Waals surface area (Å²) in [6.45, 7) is 30.5. The van der Waals surface area contributed by atoms with Crippen LogP contribution < -0.4 is 21.3 Å². The molecule has 8 atom stereocenters. The van der Waals surface area contributed by atoms with Crippen molar-refractivity contribution in [3.63, 3.8) is 0 Å². The molecular formula is C40H80N6O2. The average molecular weight is 677 g/mol. The number of rotatable bonds is 19. The minimum atomic E-state index is 0.0128. The van der Waals surface area contributed by atoms with Crippen molar-refractivity contribution in [3.8, 4) is 0 Å². The molecule has 0 bridgehead atoms. The lowest BCUT2D eigenvalue weighted by Gasteiger charge is -2.56. The molecule has 0 radical (unpaired) electrons. The lowest BCUT2D eigenvalue weighted by atomic mass is 9.68. The summed E-state index contributed by atoms with van der Waals surface area (Å²) in [5, 5.41) is 14.5. The van der Waals surface area contributed by atoms with Gasteiger partial charge in [0.05, 0.1) is 0 Å². The standard InChI is InChI=1S/C40H80N6O2/c1-13-19-27-45(33-29-37(9,15-3)43-39(11,17-5)31(33)7)35(47)41-25-23-21-22-24-26-42-36(48)46(28-20-14-2)34-30-38(10,16-4)44-40(12,18-6)32(34)8/h31-34,43-44H,13-30H2,1-12H3,(H,41,47)(H,42,48). The van der Waals surface area contributed by atoms with E-state index in [1.165, 1.54) is 0 Å². The number of amides is 4. The van der Waals surface area contributed by atoms with Crippen LogP contribution in [-0.4, -0.2) is 82.3 Å². The number of piperidine rings is 2. The maximum Gasteiger partial charge on any atom is 0.317 e. The molecule has 2 fully saturated rings. The third-order valence-electron chi connectivity index (χ3n) is 13.2. The van der Waals surface area contributed by atoms with Crippen LogP contribution >= 0.6 is 0 Å². The van der Waals surface area contributed by atoms with Gasteiger partial charge in [-0.3, -0.25) is 0 Å². The van der Waals surface area contributed by atoms with Crippen LogP contribution in [0, 0.1) is 11.8 Å². The van der Waals surface area contributed by atoms with E-state index < -0.39 is 0 Å². The van der Waals surface area contributed by atoms with E-state index in [4.69, 9.17) is 0 Å². The minimum absolute atomic E-state index is 0.0128. The Hall–Kier alpha value is -1.54. The van der Waals surface area contributed by atoms with E-state index in [-0.39, 0.29) is 46.3 Å². The van der Waals surface area contributed by atoms with Crippen LogP contribution in [0.25, 0.3) is 0 Å². The first-order valence-electron chi connectivity index (χ1n) is 20.3. The molecule has 0 aromatic carbocycles. The quantitative estimate of drug-likeness (QED) is 0.103. The smallest absolute Gasteiger partial charge is 0.317 e. The highest BCUT2D eigenvalue weighted by molar-refractivity contribution is 5.75. The van der Waals surface area contributed by atoms with E-state index >= 15 is 0 Å². The first-order valence-corrected chi connectivity index (χ1v) is 20.3. The highest BCUT2D eigenvalue weighted by Gasteiger charge is 2.50. The third-order valence-corrected chi connectivity index (χ3v) is 13.2. The summed E-state index contributed by atoms with van der Waals surface area (Å²) in [4.78, 5) is 31.7. The van der Waals surface area contributed by atoms with Crippen LogP contribution in [0.5, 0.6) is 0 Å². The normalized spacial score (nSPS) is 33.7. The van der Waals surface area contributed by atoms with Gasteiger partial charge in [-0.2, -0.15) is 0 Å². The zero-order chi connectivity index (χ0) is 36.2. The van der Waals surface area contributed by atoms with Crippen LogP contribution in [0.3, 0.4) is 0 Å². The monoisotopic (exact) mass is 677 g/mol. The maximum absolute atomic E-state index is 13.7. The molecule has 2 aliphatic heterocycles. The van der Waals surface area contributed by atoms with Crippen molar-refractivity contribution in [1.82, 2.24) is 31.1 Å². The Bertz CT molecular complexity index is 903. The molecule has 8 unspecified atom stereocenters. The van der Waals surface area contributed by atoms with Crippen molar-refractivity contribution in [2.45, 2.75) is 207 Å². The number of unbranched alkanes of at least 4 members (excludes halogenated alkanes) is 5. The van der Waals surface area contributed by atoms with Crippen molar-refractivity contribution < 1.29 is 9.59 Å². The van der Waals surface area contributed by atoms with Crippen molar-refractivity contribution in [2.24, 2.45) is 11.8 Å². The molecule has 8 heteroatoms. The molecule has 0 aliphatic carbocycles. The minimum Gasteiger partial charge on any atom is -0.338 e. The van der Waals surface area contributed by atoms with Crippen LogP contribution in [0.2, 0.25) is 0 Å². The SMILES string of the molecule is CCCCN(C(=O)NCCCCCCNC(=O)N(CCCC)C1CC(C)(CC)NC(C)(CC)C1C)C1CC(C)(CC)NC(C)(CC)C1C. The first kappa shape index (κ1) is 42.6. The molecule has 0 aromatic heterocycles. The fourth-order valence-electron chi connectivity index (χ4n) is 8.57. The van der Waals surface area contributed by atoms with Crippen LogP contribution in [0.1, 0.15) is 173 Å². The lowest BCUT2D eigenvalue weighted by molar-refractivity contribution is 0.0134. The molecule has 2 heterocycles. The van der Waals surface area contributed by atoms with E-state index in [0.29, 0.717) is 24.9 Å². The Morgan fingerprint density at radius 3 is 1.23 bits per heavy atom. The Balaban J connectivity index is 1.88. The van der Waals surface area contributed by atoms with E-state index in [2.05, 4.69) is 114 Å². The van der Waals surface area contributed by atoms with Gasteiger partial charge in [-0.05, 0) is 104 Å². The molecule has 282 valence electrons. The molecule has 0 spiro atoms. The molecule has 4 amide bonds. The molecule has 8 nitrogen and oxygen atoms in total. The fourth-order valence-corrected chi connectivity index (χ4v) is 8.57. The predicted molar refractivity (Wildman–Crippen MR) is 205 cm³/mol. The number of nitrogens with one attached hydrogen (secondary N) is 4. The zero-order valence-electron chi connectivity index (χ0n) is 33.7. The molecule has 4 N–H and O–H groups in total. The maximum atomic E-state index is 13.7. The van der Waals surface area contributed by atoms with Crippen LogP contribution in [-0.2, 0) is 0 Å². The van der Waals surface area contributed by atoms with Crippen LogP contribution in [0.15, 0.2) is 0 Å². The van der Waals surface area contributed by atoms with Gasteiger partial charge in [0.1, 0.15) is 0 Å². The summed E-state index contributed by atoms with van der Waals surface area (Å²) in [7, 11) is 0. The molecule has 2 aliphatic rings. The van der Waals surface area contributed by atoms with Gasteiger partial charge in [-0.15, -0.1) is 0 Å². The summed E-state index contributed by atoms with van der Waals surface area (Å²) in [5.74, 6) is 0.756. The highest BCUT2D eigenvalue weighted by Crippen LogP contribution is 2.41. The summed E-state index contributed by atoms with van der Waals surface area (Å²) in [5.41, 5.74) is 0.0954. The Morgan fingerprint density at radius 1 is 0.583 bits per heavy atom. The summed E-state index contributed by atoms with van der Waals surface area (Å²) < 4.78 is 0. The lowest BCUT2D eigenvalue weighted by Crippen LogP contribution is -2.69. The molecule has 2 saturated heterocycles. The van der Waals surface area contributed by atoms with Gasteiger partial charge in [0.25, 0.3) is 0 Å². The number of carbonyl (C=O) groups excluding carboxylic acids is 2. The van der Waals surface area contributed by atoms with Gasteiger partial charge in [-0.25, -0.2) is 9.59 Å². The number of urea groups is 2. The average Bonchev–Trinajstić information content (AvgIpc) is 3.06. The van der Waals surface area contributed by atoms with E-state index in [9.17, 15) is 9.59 Å². The van der Waals surface area contributed by atoms with E-state index in [1.807, 2.05) is 0 Å². The van der Waals surface area contributed by atoms with E-state index in [1.54, 1.807) is 0 Å². The van der Waals surface area contributed by atoms with Crippen LogP contribution in [0.4, 0.5) is 9.59 Å². The Morgan fingerprint density at radius 2 is 0.938 bits per heavy atom.